The highest BCUT2D eigenvalue weighted by atomic mass is 16.5. The van der Waals surface area contributed by atoms with E-state index in [0.717, 1.165) is 41.8 Å². The quantitative estimate of drug-likeness (QED) is 0.300. The van der Waals surface area contributed by atoms with Gasteiger partial charge in [0.05, 0.1) is 5.71 Å². The van der Waals surface area contributed by atoms with Crippen molar-refractivity contribution in [2.75, 3.05) is 5.32 Å². The van der Waals surface area contributed by atoms with Crippen molar-refractivity contribution in [3.63, 3.8) is 0 Å². The van der Waals surface area contributed by atoms with Crippen LogP contribution in [0.25, 0.3) is 0 Å². The number of ether oxygens (including phenoxy) is 1. The average molecular weight is 430 g/mol. The number of anilines is 1. The predicted octanol–water partition coefficient (Wildman–Crippen LogP) is 7.16. The molecule has 4 heteroatoms. The first-order valence-corrected chi connectivity index (χ1v) is 11.7. The van der Waals surface area contributed by atoms with E-state index < -0.39 is 0 Å². The molecule has 0 spiro atoms. The predicted molar refractivity (Wildman–Crippen MR) is 134 cm³/mol. The number of hydrogen-bond acceptors (Lipinski definition) is 4. The van der Waals surface area contributed by atoms with Gasteiger partial charge in [0, 0.05) is 23.4 Å². The Kier molecular flexibility index (Phi) is 8.85. The van der Waals surface area contributed by atoms with Crippen LogP contribution in [-0.2, 0) is 6.61 Å². The van der Waals surface area contributed by atoms with Crippen LogP contribution < -0.4 is 10.1 Å². The zero-order chi connectivity index (χ0) is 22.8. The van der Waals surface area contributed by atoms with E-state index in [9.17, 15) is 0 Å². The highest BCUT2D eigenvalue weighted by molar-refractivity contribution is 6.15. The van der Waals surface area contributed by atoms with Crippen molar-refractivity contribution >= 4 is 11.5 Å². The van der Waals surface area contributed by atoms with E-state index in [1.54, 1.807) is 6.20 Å². The fourth-order valence-corrected chi connectivity index (χ4v) is 3.87. The minimum absolute atomic E-state index is 0.369. The molecule has 1 aromatic heterocycles. The molecule has 0 bridgehead atoms. The SMILES string of the molecule is CCCCC(CCC)Nc1ncccc1C(=N)c1ccccc1OCc1ccccc1C. The molecule has 2 N–H and O–H groups in total. The molecule has 0 aliphatic heterocycles. The minimum Gasteiger partial charge on any atom is -0.488 e. The van der Waals surface area contributed by atoms with Gasteiger partial charge >= 0.3 is 0 Å². The van der Waals surface area contributed by atoms with Crippen LogP contribution in [0.1, 0.15) is 68.2 Å². The molecule has 32 heavy (non-hydrogen) atoms. The van der Waals surface area contributed by atoms with Gasteiger partial charge in [0.15, 0.2) is 0 Å². The molecule has 168 valence electrons. The van der Waals surface area contributed by atoms with Crippen LogP contribution in [0, 0.1) is 12.3 Å². The Hall–Kier alpha value is -3.14. The standard InChI is InChI=1S/C28H35N3O/c1-4-6-15-23(12-5-2)31-28-25(17-11-19-30-28)27(29)24-16-9-10-18-26(24)32-20-22-14-8-7-13-21(22)3/h7-11,13-14,16-19,23,29H,4-6,12,15,20H2,1-3H3,(H,30,31). The first-order chi connectivity index (χ1) is 15.6. The van der Waals surface area contributed by atoms with E-state index in [0.29, 0.717) is 24.1 Å². The molecule has 0 saturated carbocycles. The van der Waals surface area contributed by atoms with E-state index in [2.05, 4.69) is 43.2 Å². The smallest absolute Gasteiger partial charge is 0.135 e. The van der Waals surface area contributed by atoms with Gasteiger partial charge in [0.2, 0.25) is 0 Å². The number of pyridine rings is 1. The van der Waals surface area contributed by atoms with Gasteiger partial charge in [0.1, 0.15) is 18.2 Å². The largest absolute Gasteiger partial charge is 0.488 e. The van der Waals surface area contributed by atoms with E-state index in [-0.39, 0.29) is 0 Å². The molecule has 1 unspecified atom stereocenters. The molecule has 0 saturated heterocycles. The van der Waals surface area contributed by atoms with Crippen LogP contribution in [-0.4, -0.2) is 16.7 Å². The number of rotatable bonds is 12. The third-order valence-electron chi connectivity index (χ3n) is 5.76. The van der Waals surface area contributed by atoms with Gasteiger partial charge in [-0.05, 0) is 55.2 Å². The van der Waals surface area contributed by atoms with Crippen molar-refractivity contribution in [1.29, 1.82) is 5.41 Å². The monoisotopic (exact) mass is 429 g/mol. The molecule has 1 heterocycles. The molecule has 3 rings (SSSR count). The summed E-state index contributed by atoms with van der Waals surface area (Å²) >= 11 is 0. The number of nitrogens with one attached hydrogen (secondary N) is 2. The molecule has 4 nitrogen and oxygen atoms in total. The average Bonchev–Trinajstić information content (AvgIpc) is 2.82. The first-order valence-electron chi connectivity index (χ1n) is 11.7. The van der Waals surface area contributed by atoms with Crippen LogP contribution >= 0.6 is 0 Å². The summed E-state index contributed by atoms with van der Waals surface area (Å²) in [4.78, 5) is 4.60. The van der Waals surface area contributed by atoms with Crippen molar-refractivity contribution in [3.05, 3.63) is 89.1 Å². The van der Waals surface area contributed by atoms with Crippen LogP contribution in [0.3, 0.4) is 0 Å². The molecular formula is C28H35N3O. The van der Waals surface area contributed by atoms with Crippen LogP contribution in [0.15, 0.2) is 66.9 Å². The van der Waals surface area contributed by atoms with E-state index >= 15 is 0 Å². The summed E-state index contributed by atoms with van der Waals surface area (Å²) in [5.74, 6) is 1.49. The van der Waals surface area contributed by atoms with Crippen LogP contribution in [0.4, 0.5) is 5.82 Å². The third-order valence-corrected chi connectivity index (χ3v) is 5.76. The normalized spacial score (nSPS) is 11.7. The summed E-state index contributed by atoms with van der Waals surface area (Å²) in [6.45, 7) is 7.00. The molecule has 2 aromatic carbocycles. The van der Waals surface area contributed by atoms with Gasteiger partial charge in [-0.1, -0.05) is 69.5 Å². The summed E-state index contributed by atoms with van der Waals surface area (Å²) in [6.07, 6.45) is 7.49. The summed E-state index contributed by atoms with van der Waals surface area (Å²) in [5, 5.41) is 12.6. The van der Waals surface area contributed by atoms with Crippen LogP contribution in [0.2, 0.25) is 0 Å². The van der Waals surface area contributed by atoms with Gasteiger partial charge < -0.3 is 10.1 Å². The van der Waals surface area contributed by atoms with E-state index in [1.807, 2.05) is 48.5 Å². The van der Waals surface area contributed by atoms with Gasteiger partial charge in [-0.25, -0.2) is 4.98 Å². The molecule has 1 atom stereocenters. The lowest BCUT2D eigenvalue weighted by molar-refractivity contribution is 0.305. The molecule has 0 fully saturated rings. The first kappa shape index (κ1) is 23.5. The lowest BCUT2D eigenvalue weighted by atomic mass is 10.0. The molecule has 0 aliphatic rings. The van der Waals surface area contributed by atoms with Crippen molar-refractivity contribution < 1.29 is 4.74 Å². The number of unbranched alkanes of at least 4 members (excludes halogenated alkanes) is 1. The Morgan fingerprint density at radius 2 is 1.69 bits per heavy atom. The minimum atomic E-state index is 0.369. The maximum absolute atomic E-state index is 9.00. The fourth-order valence-electron chi connectivity index (χ4n) is 3.87. The Balaban J connectivity index is 1.83. The molecule has 0 radical (unpaired) electrons. The van der Waals surface area contributed by atoms with Gasteiger partial charge in [0.25, 0.3) is 0 Å². The second-order valence-electron chi connectivity index (χ2n) is 8.26. The van der Waals surface area contributed by atoms with E-state index in [4.69, 9.17) is 10.1 Å². The Labute approximate surface area is 192 Å². The lowest BCUT2D eigenvalue weighted by Crippen LogP contribution is -2.22. The van der Waals surface area contributed by atoms with E-state index in [1.165, 1.54) is 18.4 Å². The Morgan fingerprint density at radius 3 is 2.47 bits per heavy atom. The highest BCUT2D eigenvalue weighted by Crippen LogP contribution is 2.26. The summed E-state index contributed by atoms with van der Waals surface area (Å²) < 4.78 is 6.18. The number of aryl methyl sites for hydroxylation is 1. The summed E-state index contributed by atoms with van der Waals surface area (Å²) in [7, 11) is 0. The molecular weight excluding hydrogens is 394 g/mol. The maximum atomic E-state index is 9.00. The van der Waals surface area contributed by atoms with Gasteiger partial charge in [-0.2, -0.15) is 0 Å². The second kappa shape index (κ2) is 12.0. The maximum Gasteiger partial charge on any atom is 0.135 e. The third kappa shape index (κ3) is 6.19. The van der Waals surface area contributed by atoms with Crippen molar-refractivity contribution in [2.24, 2.45) is 0 Å². The number of hydrogen-bond donors (Lipinski definition) is 2. The van der Waals surface area contributed by atoms with Crippen molar-refractivity contribution in [3.8, 4) is 5.75 Å². The zero-order valence-electron chi connectivity index (χ0n) is 19.5. The van der Waals surface area contributed by atoms with Gasteiger partial charge in [-0.15, -0.1) is 0 Å². The summed E-state index contributed by atoms with van der Waals surface area (Å²) in [6, 6.07) is 20.3. The lowest BCUT2D eigenvalue weighted by Gasteiger charge is -2.21. The van der Waals surface area contributed by atoms with Crippen molar-refractivity contribution in [1.82, 2.24) is 4.98 Å². The number of nitrogens with zero attached hydrogens (tertiary/aromatic N) is 1. The second-order valence-corrected chi connectivity index (χ2v) is 8.26. The molecule has 3 aromatic rings. The fraction of sp³-hybridized carbons (Fsp3) is 0.357. The number of aromatic nitrogens is 1. The Morgan fingerprint density at radius 1 is 0.938 bits per heavy atom. The number of para-hydroxylation sites is 1. The molecule has 0 aliphatic carbocycles. The highest BCUT2D eigenvalue weighted by Gasteiger charge is 2.17. The zero-order valence-corrected chi connectivity index (χ0v) is 19.5. The van der Waals surface area contributed by atoms with Crippen molar-refractivity contribution in [2.45, 2.75) is 65.5 Å². The topological polar surface area (TPSA) is 58.0 Å². The molecule has 0 amide bonds. The van der Waals surface area contributed by atoms with Gasteiger partial charge in [-0.3, -0.25) is 5.41 Å². The van der Waals surface area contributed by atoms with Crippen LogP contribution in [0.5, 0.6) is 5.75 Å². The summed E-state index contributed by atoms with van der Waals surface area (Å²) in [5.41, 5.74) is 4.35. The Bertz CT molecular complexity index is 1010. The number of benzene rings is 2.